The molecule has 4 rings (SSSR count). The largest absolute Gasteiger partial charge is 0.452 e. The van der Waals surface area contributed by atoms with Crippen LogP contribution in [0.15, 0.2) is 48.3 Å². The van der Waals surface area contributed by atoms with Gasteiger partial charge in [-0.05, 0) is 31.1 Å². The van der Waals surface area contributed by atoms with Crippen molar-refractivity contribution in [1.82, 2.24) is 10.2 Å². The predicted molar refractivity (Wildman–Crippen MR) is 132 cm³/mol. The molecule has 0 spiro atoms. The summed E-state index contributed by atoms with van der Waals surface area (Å²) in [5.41, 5.74) is 10.8. The van der Waals surface area contributed by atoms with Crippen LogP contribution in [0.1, 0.15) is 32.1 Å². The number of nitrogens with zero attached hydrogens (tertiary/aromatic N) is 1. The van der Waals surface area contributed by atoms with Crippen LogP contribution in [-0.2, 0) is 13.9 Å². The van der Waals surface area contributed by atoms with Crippen molar-refractivity contribution in [2.75, 3.05) is 18.4 Å². The molecule has 8 N–H and O–H groups in total. The molecule has 1 aromatic carbocycles. The standard InChI is InChI=1S/C23H31N6O6P/c24-22(31)27-15-5-1-7-17(13-15)34-36(33,35-18-8-2-6-16(14-18)28-23(25)32)20-10-4-12-29(20)21(30)19-9-3-11-26-19/h1-2,5-8,13,16,19-20,26H,3-4,9-12,14H2,(H3,24,27,31)(H3,25,28,32)/p+1. The van der Waals surface area contributed by atoms with Gasteiger partial charge in [0.05, 0.1) is 12.6 Å². The molecule has 4 atom stereocenters. The molecule has 2 aliphatic heterocycles. The van der Waals surface area contributed by atoms with E-state index in [0.717, 1.165) is 19.4 Å². The van der Waals surface area contributed by atoms with Crippen LogP contribution in [0.3, 0.4) is 0 Å². The predicted octanol–water partition coefficient (Wildman–Crippen LogP) is 1.32. The van der Waals surface area contributed by atoms with Gasteiger partial charge < -0.3 is 41.4 Å². The molecule has 5 amide bonds. The highest BCUT2D eigenvalue weighted by atomic mass is 31.2. The summed E-state index contributed by atoms with van der Waals surface area (Å²) in [5, 5.41) is 7.06. The molecular weight excluding hydrogens is 487 g/mol. The van der Waals surface area contributed by atoms with Crippen LogP contribution in [0.4, 0.5) is 15.3 Å². The lowest BCUT2D eigenvalue weighted by atomic mass is 10.1. The minimum atomic E-state index is -4.02. The molecule has 4 unspecified atom stereocenters. The minimum absolute atomic E-state index is 0.0719. The van der Waals surface area contributed by atoms with Crippen molar-refractivity contribution in [3.8, 4) is 5.75 Å². The first-order chi connectivity index (χ1) is 17.2. The van der Waals surface area contributed by atoms with Gasteiger partial charge in [-0.2, -0.15) is 0 Å². The number of carbonyl (C=O) groups excluding carboxylic acids is 3. The van der Waals surface area contributed by atoms with Gasteiger partial charge in [0.2, 0.25) is 0 Å². The summed E-state index contributed by atoms with van der Waals surface area (Å²) in [6.07, 6.45) is 8.10. The number of nitrogens with two attached hydrogens (primary N) is 3. The Bertz CT molecular complexity index is 1120. The van der Waals surface area contributed by atoms with Crippen LogP contribution < -0.4 is 31.9 Å². The van der Waals surface area contributed by atoms with Gasteiger partial charge in [0.1, 0.15) is 11.5 Å². The molecule has 12 nitrogen and oxygen atoms in total. The van der Waals surface area contributed by atoms with E-state index in [1.165, 1.54) is 6.07 Å². The minimum Gasteiger partial charge on any atom is -0.419 e. The highest BCUT2D eigenvalue weighted by molar-refractivity contribution is 7.55. The molecule has 0 saturated carbocycles. The molecule has 2 saturated heterocycles. The van der Waals surface area contributed by atoms with Crippen LogP contribution in [-0.4, -0.2) is 53.8 Å². The average molecular weight is 520 g/mol. The lowest BCUT2D eigenvalue weighted by Crippen LogP contribution is -2.89. The third kappa shape index (κ3) is 6.19. The molecular formula is C23H32N6O6P+. The van der Waals surface area contributed by atoms with Crippen molar-refractivity contribution < 1.29 is 33.3 Å². The van der Waals surface area contributed by atoms with Gasteiger partial charge in [-0.3, -0.25) is 4.79 Å². The number of carbonyl (C=O) groups is 3. The van der Waals surface area contributed by atoms with E-state index < -0.39 is 31.5 Å². The number of anilines is 1. The fraction of sp³-hybridized carbons (Fsp3) is 0.435. The molecule has 0 bridgehead atoms. The summed E-state index contributed by atoms with van der Waals surface area (Å²) in [6, 6.07) is 4.21. The maximum atomic E-state index is 14.5. The van der Waals surface area contributed by atoms with E-state index in [0.29, 0.717) is 30.8 Å². The van der Waals surface area contributed by atoms with Crippen molar-refractivity contribution in [3.05, 3.63) is 48.3 Å². The van der Waals surface area contributed by atoms with Gasteiger partial charge >= 0.3 is 19.7 Å². The Kier molecular flexibility index (Phi) is 7.85. The molecule has 2 fully saturated rings. The molecule has 1 aromatic rings. The highest BCUT2D eigenvalue weighted by Crippen LogP contribution is 2.59. The molecule has 1 aliphatic carbocycles. The van der Waals surface area contributed by atoms with Gasteiger partial charge in [-0.25, -0.2) is 14.2 Å². The quantitative estimate of drug-likeness (QED) is 0.323. The summed E-state index contributed by atoms with van der Waals surface area (Å²) in [5.74, 6) is -0.341. The van der Waals surface area contributed by atoms with Gasteiger partial charge in [-0.15, -0.1) is 0 Å². The zero-order chi connectivity index (χ0) is 25.7. The van der Waals surface area contributed by atoms with Crippen molar-refractivity contribution in [2.45, 2.75) is 50.0 Å². The number of likely N-dealkylation sites (tertiary alicyclic amines) is 1. The Labute approximate surface area is 209 Å². The number of hydrogen-bond acceptors (Lipinski definition) is 6. The van der Waals surface area contributed by atoms with Gasteiger partial charge in [0.15, 0.2) is 11.8 Å². The van der Waals surface area contributed by atoms with Crippen LogP contribution >= 0.6 is 7.60 Å². The topological polar surface area (TPSA) is 183 Å². The first-order valence-corrected chi connectivity index (χ1v) is 13.6. The first-order valence-electron chi connectivity index (χ1n) is 12.0. The zero-order valence-electron chi connectivity index (χ0n) is 19.8. The number of allylic oxidation sites excluding steroid dienone is 2. The first kappa shape index (κ1) is 25.6. The van der Waals surface area contributed by atoms with Gasteiger partial charge in [0.25, 0.3) is 5.91 Å². The summed E-state index contributed by atoms with van der Waals surface area (Å²) in [7, 11) is -4.02. The third-order valence-electron chi connectivity index (χ3n) is 6.31. The zero-order valence-corrected chi connectivity index (χ0v) is 20.7. The van der Waals surface area contributed by atoms with E-state index in [1.807, 2.05) is 5.32 Å². The van der Waals surface area contributed by atoms with E-state index >= 15 is 0 Å². The third-order valence-corrected chi connectivity index (χ3v) is 8.53. The second kappa shape index (κ2) is 11.0. The van der Waals surface area contributed by atoms with Crippen molar-refractivity contribution in [1.29, 1.82) is 0 Å². The van der Waals surface area contributed by atoms with Gasteiger partial charge in [-0.1, -0.05) is 18.2 Å². The van der Waals surface area contributed by atoms with Crippen LogP contribution in [0.5, 0.6) is 5.75 Å². The van der Waals surface area contributed by atoms with E-state index in [-0.39, 0.29) is 24.1 Å². The number of hydrogen-bond donors (Lipinski definition) is 5. The average Bonchev–Trinajstić information content (AvgIpc) is 3.51. The highest BCUT2D eigenvalue weighted by Gasteiger charge is 2.50. The second-order valence-electron chi connectivity index (χ2n) is 9.00. The lowest BCUT2D eigenvalue weighted by molar-refractivity contribution is -0.658. The Morgan fingerprint density at radius 1 is 1.11 bits per heavy atom. The fourth-order valence-corrected chi connectivity index (χ4v) is 6.99. The molecule has 0 aromatic heterocycles. The lowest BCUT2D eigenvalue weighted by Gasteiger charge is -2.33. The second-order valence-corrected chi connectivity index (χ2v) is 11.0. The van der Waals surface area contributed by atoms with Crippen molar-refractivity contribution in [2.24, 2.45) is 11.5 Å². The van der Waals surface area contributed by atoms with Crippen molar-refractivity contribution >= 4 is 31.3 Å². The molecule has 2 heterocycles. The summed E-state index contributed by atoms with van der Waals surface area (Å²) < 4.78 is 26.6. The van der Waals surface area contributed by atoms with E-state index in [2.05, 4.69) is 10.6 Å². The van der Waals surface area contributed by atoms with E-state index in [1.54, 1.807) is 41.3 Å². The Balaban J connectivity index is 1.62. The Morgan fingerprint density at radius 2 is 1.94 bits per heavy atom. The molecule has 36 heavy (non-hydrogen) atoms. The smallest absolute Gasteiger partial charge is 0.419 e. The van der Waals surface area contributed by atoms with Crippen LogP contribution in [0.25, 0.3) is 0 Å². The molecule has 0 radical (unpaired) electrons. The van der Waals surface area contributed by atoms with E-state index in [9.17, 15) is 18.9 Å². The number of benzene rings is 1. The number of amides is 5. The Morgan fingerprint density at radius 3 is 2.67 bits per heavy atom. The summed E-state index contributed by atoms with van der Waals surface area (Å²) in [6.45, 7) is 1.34. The number of nitrogens with one attached hydrogen (secondary N) is 2. The van der Waals surface area contributed by atoms with Crippen LogP contribution in [0.2, 0.25) is 0 Å². The number of rotatable bonds is 8. The number of quaternary nitrogens is 1. The molecule has 3 aliphatic rings. The summed E-state index contributed by atoms with van der Waals surface area (Å²) in [4.78, 5) is 37.5. The van der Waals surface area contributed by atoms with Crippen LogP contribution in [0, 0.1) is 0 Å². The maximum Gasteiger partial charge on any atom is 0.452 e. The maximum absolute atomic E-state index is 14.5. The monoisotopic (exact) mass is 519 g/mol. The molecule has 13 heteroatoms. The van der Waals surface area contributed by atoms with Gasteiger partial charge in [0, 0.05) is 37.6 Å². The SMILES string of the molecule is NC(=O)Nc1cccc(OP(=O)(OC2=CC=CC(NC(N)=O)C2)C2CCCN2C(=O)C2CCC[NH2+]2)c1. The van der Waals surface area contributed by atoms with E-state index in [4.69, 9.17) is 20.5 Å². The van der Waals surface area contributed by atoms with Crippen molar-refractivity contribution in [3.63, 3.8) is 0 Å². The number of primary amides is 2. The Hall–Kier alpha value is -3.50. The molecule has 194 valence electrons. The fourth-order valence-electron chi connectivity index (χ4n) is 4.77. The number of urea groups is 2. The normalized spacial score (nSPS) is 24.9. The summed E-state index contributed by atoms with van der Waals surface area (Å²) >= 11 is 0.